The summed E-state index contributed by atoms with van der Waals surface area (Å²) in [6, 6.07) is 9.48. The van der Waals surface area contributed by atoms with Gasteiger partial charge in [-0.3, -0.25) is 9.79 Å². The third-order valence-corrected chi connectivity index (χ3v) is 4.41. The number of carbonyl (C=O) groups is 1. The molecule has 0 saturated carbocycles. The summed E-state index contributed by atoms with van der Waals surface area (Å²) in [4.78, 5) is 25.0. The molecule has 1 aliphatic rings. The summed E-state index contributed by atoms with van der Waals surface area (Å²) >= 11 is 0. The maximum absolute atomic E-state index is 12.8. The minimum atomic E-state index is -0.453. The van der Waals surface area contributed by atoms with Crippen molar-refractivity contribution >= 4 is 23.5 Å². The van der Waals surface area contributed by atoms with Crippen molar-refractivity contribution in [2.45, 2.75) is 18.8 Å². The molecule has 1 amide bonds. The highest BCUT2D eigenvalue weighted by Crippen LogP contribution is 2.16. The minimum absolute atomic E-state index is 0.0139. The van der Waals surface area contributed by atoms with Gasteiger partial charge in [0.15, 0.2) is 11.5 Å². The number of anilines is 1. The van der Waals surface area contributed by atoms with Gasteiger partial charge in [0.05, 0.1) is 37.8 Å². The molecule has 1 aromatic heterocycles. The van der Waals surface area contributed by atoms with Gasteiger partial charge in [-0.1, -0.05) is 30.3 Å². The van der Waals surface area contributed by atoms with Gasteiger partial charge in [-0.2, -0.15) is 0 Å². The summed E-state index contributed by atoms with van der Waals surface area (Å²) in [6.45, 7) is 1.17. The van der Waals surface area contributed by atoms with E-state index in [1.165, 1.54) is 18.6 Å². The molecule has 5 N–H and O–H groups in total. The monoisotopic (exact) mass is 396 g/mol. The Morgan fingerprint density at radius 3 is 2.90 bits per heavy atom. The molecule has 1 aromatic carbocycles. The Hall–Kier alpha value is -3.30. The third-order valence-electron chi connectivity index (χ3n) is 4.41. The maximum Gasteiger partial charge on any atom is 0.274 e. The van der Waals surface area contributed by atoms with Gasteiger partial charge in [-0.25, -0.2) is 9.97 Å². The Morgan fingerprint density at radius 1 is 1.38 bits per heavy atom. The molecule has 1 aliphatic heterocycles. The topological polar surface area (TPSA) is 138 Å². The van der Waals surface area contributed by atoms with E-state index in [9.17, 15) is 4.79 Å². The van der Waals surface area contributed by atoms with Crippen LogP contribution in [0.1, 0.15) is 21.7 Å². The van der Waals surface area contributed by atoms with E-state index in [0.29, 0.717) is 31.1 Å². The fourth-order valence-electron chi connectivity index (χ4n) is 2.89. The van der Waals surface area contributed by atoms with Gasteiger partial charge in [0, 0.05) is 25.0 Å². The SMILES string of the molecule is CN=CC(=CN)c1cnc(N)c(C(=O)N[C@H]2COCC2OCc2ccccc2)n1. The predicted octanol–water partition coefficient (Wildman–Crippen LogP) is 0.773. The van der Waals surface area contributed by atoms with Gasteiger partial charge in [-0.15, -0.1) is 0 Å². The van der Waals surface area contributed by atoms with Crippen molar-refractivity contribution in [3.8, 4) is 0 Å². The molecule has 2 heterocycles. The second-order valence-corrected chi connectivity index (χ2v) is 6.45. The summed E-state index contributed by atoms with van der Waals surface area (Å²) in [5, 5.41) is 2.88. The molecule has 1 saturated heterocycles. The number of nitrogens with zero attached hydrogens (tertiary/aromatic N) is 3. The van der Waals surface area contributed by atoms with Crippen molar-refractivity contribution < 1.29 is 14.3 Å². The Balaban J connectivity index is 1.68. The number of allylic oxidation sites excluding steroid dienone is 1. The molecular formula is C20H24N6O3. The Labute approximate surface area is 168 Å². The average Bonchev–Trinajstić information content (AvgIpc) is 3.18. The number of nitrogens with two attached hydrogens (primary N) is 2. The normalized spacial score (nSPS) is 19.6. The second kappa shape index (κ2) is 9.76. The molecule has 3 rings (SSSR count). The van der Waals surface area contributed by atoms with E-state index in [2.05, 4.69) is 20.3 Å². The molecule has 9 heteroatoms. The summed E-state index contributed by atoms with van der Waals surface area (Å²) in [6.07, 6.45) is 4.03. The third kappa shape index (κ3) is 5.15. The summed E-state index contributed by atoms with van der Waals surface area (Å²) < 4.78 is 11.4. The number of benzene rings is 1. The van der Waals surface area contributed by atoms with Crippen LogP contribution >= 0.6 is 0 Å². The predicted molar refractivity (Wildman–Crippen MR) is 110 cm³/mol. The number of hydrogen-bond donors (Lipinski definition) is 3. The number of amides is 1. The average molecular weight is 396 g/mol. The van der Waals surface area contributed by atoms with Crippen LogP contribution in [0.2, 0.25) is 0 Å². The molecule has 152 valence electrons. The first kappa shape index (κ1) is 20.4. The Morgan fingerprint density at radius 2 is 2.17 bits per heavy atom. The summed E-state index contributed by atoms with van der Waals surface area (Å²) in [7, 11) is 1.61. The van der Waals surface area contributed by atoms with E-state index >= 15 is 0 Å². The zero-order valence-electron chi connectivity index (χ0n) is 16.1. The zero-order valence-corrected chi connectivity index (χ0v) is 16.1. The van der Waals surface area contributed by atoms with Crippen LogP contribution in [-0.4, -0.2) is 54.5 Å². The number of aromatic nitrogens is 2. The number of ether oxygens (including phenoxy) is 2. The number of rotatable bonds is 7. The van der Waals surface area contributed by atoms with Crippen molar-refractivity contribution in [1.29, 1.82) is 0 Å². The van der Waals surface area contributed by atoms with Crippen LogP contribution in [0.3, 0.4) is 0 Å². The lowest BCUT2D eigenvalue weighted by Crippen LogP contribution is -2.44. The van der Waals surface area contributed by atoms with Crippen molar-refractivity contribution in [2.75, 3.05) is 26.0 Å². The molecule has 2 atom stereocenters. The Kier molecular flexibility index (Phi) is 6.88. The van der Waals surface area contributed by atoms with Gasteiger partial charge in [0.2, 0.25) is 0 Å². The molecule has 1 unspecified atom stereocenters. The van der Waals surface area contributed by atoms with Crippen molar-refractivity contribution in [3.05, 3.63) is 59.7 Å². The molecule has 0 radical (unpaired) electrons. The smallest absolute Gasteiger partial charge is 0.274 e. The lowest BCUT2D eigenvalue weighted by atomic mass is 10.2. The van der Waals surface area contributed by atoms with Crippen LogP contribution in [0, 0.1) is 0 Å². The molecule has 0 aliphatic carbocycles. The lowest BCUT2D eigenvalue weighted by Gasteiger charge is -2.20. The summed E-state index contributed by atoms with van der Waals surface area (Å²) in [5.41, 5.74) is 13.5. The van der Waals surface area contributed by atoms with E-state index in [4.69, 9.17) is 20.9 Å². The molecule has 29 heavy (non-hydrogen) atoms. The first-order valence-corrected chi connectivity index (χ1v) is 9.13. The number of carbonyl (C=O) groups excluding carboxylic acids is 1. The molecule has 9 nitrogen and oxygen atoms in total. The molecule has 0 spiro atoms. The summed E-state index contributed by atoms with van der Waals surface area (Å²) in [5.74, 6) is -0.429. The number of hydrogen-bond acceptors (Lipinski definition) is 8. The highest BCUT2D eigenvalue weighted by atomic mass is 16.5. The van der Waals surface area contributed by atoms with Crippen molar-refractivity contribution in [3.63, 3.8) is 0 Å². The van der Waals surface area contributed by atoms with Crippen LogP contribution in [-0.2, 0) is 16.1 Å². The molecule has 1 fully saturated rings. The van der Waals surface area contributed by atoms with Gasteiger partial charge in [-0.05, 0) is 5.56 Å². The number of nitrogen functional groups attached to an aromatic ring is 1. The van der Waals surface area contributed by atoms with Crippen molar-refractivity contribution in [1.82, 2.24) is 15.3 Å². The van der Waals surface area contributed by atoms with Gasteiger partial charge in [0.1, 0.15) is 6.10 Å². The largest absolute Gasteiger partial charge is 0.404 e. The maximum atomic E-state index is 12.8. The number of aliphatic imine (C=N–C) groups is 1. The standard InChI is InChI=1S/C20H24N6O3/c1-23-8-14(7-21)15-9-24-19(22)18(25-15)20(27)26-16-11-28-12-17(16)29-10-13-5-3-2-4-6-13/h2-9,16-17H,10-12,21H2,1H3,(H2,22,24)(H,26,27)/t16-,17?/m0/s1. The van der Waals surface area contributed by atoms with Crippen LogP contribution in [0.4, 0.5) is 5.82 Å². The zero-order chi connectivity index (χ0) is 20.6. The Bertz CT molecular complexity index is 900. The lowest BCUT2D eigenvalue weighted by molar-refractivity contribution is 0.0218. The van der Waals surface area contributed by atoms with Gasteiger partial charge >= 0.3 is 0 Å². The van der Waals surface area contributed by atoms with Crippen LogP contribution < -0.4 is 16.8 Å². The molecular weight excluding hydrogens is 372 g/mol. The van der Waals surface area contributed by atoms with Crippen LogP contribution in [0.5, 0.6) is 0 Å². The van der Waals surface area contributed by atoms with E-state index in [0.717, 1.165) is 5.56 Å². The van der Waals surface area contributed by atoms with E-state index < -0.39 is 5.91 Å². The van der Waals surface area contributed by atoms with Crippen LogP contribution in [0.25, 0.3) is 5.57 Å². The highest BCUT2D eigenvalue weighted by Gasteiger charge is 2.31. The molecule has 0 bridgehead atoms. The minimum Gasteiger partial charge on any atom is -0.404 e. The highest BCUT2D eigenvalue weighted by molar-refractivity contribution is 6.09. The number of nitrogens with one attached hydrogen (secondary N) is 1. The first-order valence-electron chi connectivity index (χ1n) is 9.13. The molecule has 2 aromatic rings. The van der Waals surface area contributed by atoms with Crippen molar-refractivity contribution in [2.24, 2.45) is 10.7 Å². The fraction of sp³-hybridized carbons (Fsp3) is 0.300. The van der Waals surface area contributed by atoms with E-state index in [1.54, 1.807) is 7.05 Å². The van der Waals surface area contributed by atoms with E-state index in [-0.39, 0.29) is 23.7 Å². The quantitative estimate of drug-likeness (QED) is 0.588. The van der Waals surface area contributed by atoms with Gasteiger partial charge in [0.25, 0.3) is 5.91 Å². The fourth-order valence-corrected chi connectivity index (χ4v) is 2.89. The van der Waals surface area contributed by atoms with E-state index in [1.807, 2.05) is 30.3 Å². The first-order chi connectivity index (χ1) is 14.1. The van der Waals surface area contributed by atoms with Crippen LogP contribution in [0.15, 0.2) is 47.7 Å². The van der Waals surface area contributed by atoms with Gasteiger partial charge < -0.3 is 26.3 Å². The second-order valence-electron chi connectivity index (χ2n) is 6.45.